The molecule has 0 radical (unpaired) electrons. The van der Waals surface area contributed by atoms with Crippen molar-refractivity contribution < 1.29 is 4.74 Å². The van der Waals surface area contributed by atoms with Gasteiger partial charge in [-0.3, -0.25) is 0 Å². The Bertz CT molecular complexity index is 592. The zero-order chi connectivity index (χ0) is 14.7. The lowest BCUT2D eigenvalue weighted by Crippen LogP contribution is -2.22. The molecule has 1 unspecified atom stereocenters. The minimum absolute atomic E-state index is 0.236. The fraction of sp³-hybridized carbons (Fsp3) is 0.333. The highest BCUT2D eigenvalue weighted by atomic mass is 127. The second-order valence-electron chi connectivity index (χ2n) is 5.43. The highest BCUT2D eigenvalue weighted by molar-refractivity contribution is 14.1. The van der Waals surface area contributed by atoms with Crippen LogP contribution in [0.3, 0.4) is 0 Å². The molecule has 1 aliphatic rings. The normalized spacial score (nSPS) is 15.7. The Balaban J connectivity index is 1.82. The second kappa shape index (κ2) is 6.79. The van der Waals surface area contributed by atoms with E-state index in [2.05, 4.69) is 83.4 Å². The van der Waals surface area contributed by atoms with Crippen LogP contribution in [0.15, 0.2) is 48.5 Å². The zero-order valence-corrected chi connectivity index (χ0v) is 14.3. The van der Waals surface area contributed by atoms with Crippen molar-refractivity contribution in [2.45, 2.75) is 31.9 Å². The lowest BCUT2D eigenvalue weighted by Gasteiger charge is -2.19. The van der Waals surface area contributed by atoms with Crippen LogP contribution in [-0.4, -0.2) is 12.6 Å². The molecule has 0 amide bonds. The molecule has 1 atom stereocenters. The van der Waals surface area contributed by atoms with Gasteiger partial charge in [0.1, 0.15) is 5.75 Å². The van der Waals surface area contributed by atoms with Crippen LogP contribution in [-0.2, 0) is 0 Å². The Hall–Kier alpha value is -1.07. The van der Waals surface area contributed by atoms with Gasteiger partial charge in [-0.2, -0.15) is 0 Å². The number of ether oxygens (including phenoxy) is 1. The summed E-state index contributed by atoms with van der Waals surface area (Å²) in [5.41, 5.74) is 2.58. The van der Waals surface area contributed by atoms with Gasteiger partial charge in [0.2, 0.25) is 0 Å². The van der Waals surface area contributed by atoms with E-state index in [4.69, 9.17) is 4.74 Å². The highest BCUT2D eigenvalue weighted by Crippen LogP contribution is 2.29. The smallest absolute Gasteiger partial charge is 0.119 e. The average molecular weight is 393 g/mol. The molecule has 2 aromatic rings. The van der Waals surface area contributed by atoms with Gasteiger partial charge in [0.05, 0.1) is 12.1 Å². The third-order valence-corrected chi connectivity index (χ3v) is 4.30. The summed E-state index contributed by atoms with van der Waals surface area (Å²) in [6, 6.07) is 17.4. The third-order valence-electron chi connectivity index (χ3n) is 3.63. The Morgan fingerprint density at radius 3 is 2.52 bits per heavy atom. The summed E-state index contributed by atoms with van der Waals surface area (Å²) in [4.78, 5) is 0. The van der Waals surface area contributed by atoms with Crippen LogP contribution in [0, 0.1) is 3.57 Å². The quantitative estimate of drug-likeness (QED) is 0.729. The Morgan fingerprint density at radius 2 is 1.90 bits per heavy atom. The summed E-state index contributed by atoms with van der Waals surface area (Å²) in [5, 5.41) is 3.57. The molecule has 0 saturated heterocycles. The molecule has 0 spiro atoms. The van der Waals surface area contributed by atoms with E-state index in [9.17, 15) is 0 Å². The van der Waals surface area contributed by atoms with E-state index in [-0.39, 0.29) is 6.04 Å². The van der Waals surface area contributed by atoms with Crippen molar-refractivity contribution in [1.29, 1.82) is 0 Å². The first kappa shape index (κ1) is 14.9. The summed E-state index contributed by atoms with van der Waals surface area (Å²) in [6.07, 6.45) is 2.85. The van der Waals surface area contributed by atoms with Crippen molar-refractivity contribution in [3.8, 4) is 5.75 Å². The lowest BCUT2D eigenvalue weighted by atomic mass is 9.98. The molecule has 0 aromatic heterocycles. The van der Waals surface area contributed by atoms with Crippen LogP contribution in [0.1, 0.15) is 36.9 Å². The van der Waals surface area contributed by atoms with Crippen LogP contribution in [0.5, 0.6) is 5.75 Å². The van der Waals surface area contributed by atoms with Gasteiger partial charge in [0.25, 0.3) is 0 Å². The molecule has 0 aliphatic heterocycles. The molecule has 3 heteroatoms. The molecular formula is C18H20INO. The van der Waals surface area contributed by atoms with Gasteiger partial charge in [-0.05, 0) is 77.4 Å². The van der Waals surface area contributed by atoms with Gasteiger partial charge in [-0.15, -0.1) is 0 Å². The average Bonchev–Trinajstić information content (AvgIpc) is 3.30. The number of nitrogens with one attached hydrogen (secondary N) is 1. The predicted octanol–water partition coefficient (Wildman–Crippen LogP) is 4.53. The molecule has 1 saturated carbocycles. The summed E-state index contributed by atoms with van der Waals surface area (Å²) in [6.45, 7) is 3.09. The molecule has 3 rings (SSSR count). The fourth-order valence-electron chi connectivity index (χ4n) is 2.44. The summed E-state index contributed by atoms with van der Waals surface area (Å²) in [7, 11) is 0. The van der Waals surface area contributed by atoms with Crippen LogP contribution in [0.2, 0.25) is 0 Å². The highest BCUT2D eigenvalue weighted by Gasteiger charge is 2.23. The van der Waals surface area contributed by atoms with Crippen molar-refractivity contribution in [2.75, 3.05) is 6.54 Å². The van der Waals surface area contributed by atoms with Crippen molar-refractivity contribution in [3.63, 3.8) is 0 Å². The van der Waals surface area contributed by atoms with Crippen LogP contribution < -0.4 is 10.1 Å². The van der Waals surface area contributed by atoms with Gasteiger partial charge in [-0.1, -0.05) is 31.2 Å². The SMILES string of the molecule is CCNC(c1ccc(OC2CC2)cc1)c1cccc(I)c1. The van der Waals surface area contributed by atoms with Gasteiger partial charge >= 0.3 is 0 Å². The first-order chi connectivity index (χ1) is 10.3. The van der Waals surface area contributed by atoms with Crippen molar-refractivity contribution in [1.82, 2.24) is 5.32 Å². The maximum atomic E-state index is 5.82. The number of halogens is 1. The van der Waals surface area contributed by atoms with Crippen LogP contribution in [0.25, 0.3) is 0 Å². The predicted molar refractivity (Wildman–Crippen MR) is 94.8 cm³/mol. The lowest BCUT2D eigenvalue weighted by molar-refractivity contribution is 0.303. The maximum Gasteiger partial charge on any atom is 0.119 e. The minimum atomic E-state index is 0.236. The van der Waals surface area contributed by atoms with E-state index in [0.29, 0.717) is 6.10 Å². The summed E-state index contributed by atoms with van der Waals surface area (Å²) in [5.74, 6) is 0.985. The van der Waals surface area contributed by atoms with Crippen molar-refractivity contribution >= 4 is 22.6 Å². The largest absolute Gasteiger partial charge is 0.490 e. The van der Waals surface area contributed by atoms with Crippen LogP contribution in [0.4, 0.5) is 0 Å². The van der Waals surface area contributed by atoms with E-state index >= 15 is 0 Å². The first-order valence-electron chi connectivity index (χ1n) is 7.51. The van der Waals surface area contributed by atoms with Crippen LogP contribution >= 0.6 is 22.6 Å². The molecule has 0 bridgehead atoms. The van der Waals surface area contributed by atoms with Gasteiger partial charge in [0.15, 0.2) is 0 Å². The first-order valence-corrected chi connectivity index (χ1v) is 8.59. The van der Waals surface area contributed by atoms with E-state index in [1.54, 1.807) is 0 Å². The molecule has 2 aromatic carbocycles. The van der Waals surface area contributed by atoms with E-state index in [1.807, 2.05) is 0 Å². The van der Waals surface area contributed by atoms with Gasteiger partial charge in [-0.25, -0.2) is 0 Å². The number of hydrogen-bond acceptors (Lipinski definition) is 2. The number of benzene rings is 2. The molecule has 1 fully saturated rings. The molecule has 110 valence electrons. The van der Waals surface area contributed by atoms with Crippen molar-refractivity contribution in [3.05, 3.63) is 63.2 Å². The topological polar surface area (TPSA) is 21.3 Å². The number of rotatable bonds is 6. The van der Waals surface area contributed by atoms with Gasteiger partial charge in [0, 0.05) is 3.57 Å². The standard InChI is InChI=1S/C18H20INO/c1-2-20-18(14-4-3-5-15(19)12-14)13-6-8-16(9-7-13)21-17-10-11-17/h3-9,12,17-18,20H,2,10-11H2,1H3. The van der Waals surface area contributed by atoms with E-state index in [0.717, 1.165) is 12.3 Å². The van der Waals surface area contributed by atoms with E-state index in [1.165, 1.54) is 27.5 Å². The second-order valence-corrected chi connectivity index (χ2v) is 6.68. The third kappa shape index (κ3) is 3.98. The summed E-state index contributed by atoms with van der Waals surface area (Å²) < 4.78 is 7.09. The molecule has 0 heterocycles. The molecule has 1 aliphatic carbocycles. The number of hydrogen-bond donors (Lipinski definition) is 1. The zero-order valence-electron chi connectivity index (χ0n) is 12.2. The van der Waals surface area contributed by atoms with Gasteiger partial charge < -0.3 is 10.1 Å². The minimum Gasteiger partial charge on any atom is -0.490 e. The monoisotopic (exact) mass is 393 g/mol. The Morgan fingerprint density at radius 1 is 1.14 bits per heavy atom. The fourth-order valence-corrected chi connectivity index (χ4v) is 3.00. The molecule has 1 N–H and O–H groups in total. The van der Waals surface area contributed by atoms with Crippen molar-refractivity contribution in [2.24, 2.45) is 0 Å². The molecule has 2 nitrogen and oxygen atoms in total. The molecular weight excluding hydrogens is 373 g/mol. The Labute approximate surface area is 140 Å². The Kier molecular flexibility index (Phi) is 4.80. The summed E-state index contributed by atoms with van der Waals surface area (Å²) >= 11 is 2.36. The molecule has 21 heavy (non-hydrogen) atoms. The van der Waals surface area contributed by atoms with E-state index < -0.39 is 0 Å². The maximum absolute atomic E-state index is 5.82.